The van der Waals surface area contributed by atoms with Crippen LogP contribution in [0, 0.1) is 5.82 Å². The first kappa shape index (κ1) is 17.7. The Bertz CT molecular complexity index is 438. The van der Waals surface area contributed by atoms with E-state index in [0.29, 0.717) is 11.1 Å². The van der Waals surface area contributed by atoms with Gasteiger partial charge < -0.3 is 10.2 Å². The Hall–Kier alpha value is -0.350. The van der Waals surface area contributed by atoms with Crippen molar-refractivity contribution >= 4 is 23.2 Å². The zero-order chi connectivity index (χ0) is 15.3. The van der Waals surface area contributed by atoms with Gasteiger partial charge in [0.15, 0.2) is 0 Å². The first-order chi connectivity index (χ1) is 9.32. The third kappa shape index (κ3) is 5.21. The van der Waals surface area contributed by atoms with E-state index in [-0.39, 0.29) is 11.1 Å². The molecule has 1 aromatic carbocycles. The number of halogens is 3. The summed E-state index contributed by atoms with van der Waals surface area (Å²) in [7, 11) is 2.11. The van der Waals surface area contributed by atoms with Crippen LogP contribution in [-0.2, 0) is 0 Å². The molecule has 0 saturated carbocycles. The summed E-state index contributed by atoms with van der Waals surface area (Å²) in [4.78, 5) is 2.29. The second kappa shape index (κ2) is 8.18. The van der Waals surface area contributed by atoms with Gasteiger partial charge in [0.1, 0.15) is 5.82 Å². The van der Waals surface area contributed by atoms with E-state index in [2.05, 4.69) is 31.1 Å². The molecule has 0 amide bonds. The average Bonchev–Trinajstić information content (AvgIpc) is 2.38. The lowest BCUT2D eigenvalue weighted by molar-refractivity contribution is 0.268. The van der Waals surface area contributed by atoms with E-state index in [1.54, 1.807) is 0 Å². The van der Waals surface area contributed by atoms with Gasteiger partial charge in [-0.25, -0.2) is 4.39 Å². The molecule has 5 heteroatoms. The van der Waals surface area contributed by atoms with E-state index < -0.39 is 5.82 Å². The molecule has 0 spiro atoms. The summed E-state index contributed by atoms with van der Waals surface area (Å²) in [5.41, 5.74) is 0.741. The van der Waals surface area contributed by atoms with Crippen LogP contribution < -0.4 is 5.32 Å². The van der Waals surface area contributed by atoms with Crippen LogP contribution in [0.2, 0.25) is 10.0 Å². The summed E-state index contributed by atoms with van der Waals surface area (Å²) in [6.07, 6.45) is 1.03. The highest BCUT2D eigenvalue weighted by atomic mass is 35.5. The van der Waals surface area contributed by atoms with E-state index in [4.69, 9.17) is 23.2 Å². The van der Waals surface area contributed by atoms with Crippen LogP contribution in [-0.4, -0.2) is 31.1 Å². The number of hydrogen-bond acceptors (Lipinski definition) is 2. The molecule has 0 aromatic heterocycles. The molecule has 0 bridgehead atoms. The molecule has 1 unspecified atom stereocenters. The predicted molar refractivity (Wildman–Crippen MR) is 85.2 cm³/mol. The topological polar surface area (TPSA) is 15.3 Å². The van der Waals surface area contributed by atoms with E-state index >= 15 is 0 Å². The summed E-state index contributed by atoms with van der Waals surface area (Å²) in [5.74, 6) is -0.431. The molecule has 20 heavy (non-hydrogen) atoms. The van der Waals surface area contributed by atoms with Crippen LogP contribution in [0.25, 0.3) is 0 Å². The Kier molecular flexibility index (Phi) is 7.24. The van der Waals surface area contributed by atoms with Crippen LogP contribution in [0.5, 0.6) is 0 Å². The first-order valence-electron chi connectivity index (χ1n) is 6.91. The molecule has 2 nitrogen and oxygen atoms in total. The Morgan fingerprint density at radius 3 is 2.45 bits per heavy atom. The SMILES string of the molecule is CC(NCCCN(C)C(C)C)c1cc(F)c(Cl)cc1Cl. The number of benzene rings is 1. The van der Waals surface area contributed by atoms with E-state index in [1.165, 1.54) is 12.1 Å². The second-order valence-electron chi connectivity index (χ2n) is 5.39. The number of nitrogens with one attached hydrogen (secondary N) is 1. The van der Waals surface area contributed by atoms with Crippen LogP contribution in [0.4, 0.5) is 4.39 Å². The molecule has 0 aliphatic carbocycles. The zero-order valence-electron chi connectivity index (χ0n) is 12.5. The fourth-order valence-electron chi connectivity index (χ4n) is 1.88. The third-order valence-corrected chi connectivity index (χ3v) is 4.14. The maximum Gasteiger partial charge on any atom is 0.142 e. The van der Waals surface area contributed by atoms with Crippen molar-refractivity contribution in [2.24, 2.45) is 0 Å². The van der Waals surface area contributed by atoms with Crippen molar-refractivity contribution in [3.63, 3.8) is 0 Å². The van der Waals surface area contributed by atoms with E-state index in [9.17, 15) is 4.39 Å². The molecule has 0 heterocycles. The van der Waals surface area contributed by atoms with Crippen molar-refractivity contribution < 1.29 is 4.39 Å². The number of rotatable bonds is 7. The number of hydrogen-bond donors (Lipinski definition) is 1. The highest BCUT2D eigenvalue weighted by Crippen LogP contribution is 2.28. The van der Waals surface area contributed by atoms with Crippen molar-refractivity contribution in [3.8, 4) is 0 Å². The number of nitrogens with zero attached hydrogens (tertiary/aromatic N) is 1. The van der Waals surface area contributed by atoms with E-state index in [0.717, 1.165) is 25.1 Å². The fourth-order valence-corrected chi connectivity index (χ4v) is 2.43. The second-order valence-corrected chi connectivity index (χ2v) is 6.21. The van der Waals surface area contributed by atoms with E-state index in [1.807, 2.05) is 6.92 Å². The van der Waals surface area contributed by atoms with Gasteiger partial charge in [0.2, 0.25) is 0 Å². The van der Waals surface area contributed by atoms with Crippen molar-refractivity contribution in [1.29, 1.82) is 0 Å². The maximum absolute atomic E-state index is 13.5. The predicted octanol–water partition coefficient (Wildman–Crippen LogP) is 4.51. The quantitative estimate of drug-likeness (QED) is 0.587. The van der Waals surface area contributed by atoms with Gasteiger partial charge in [0, 0.05) is 17.1 Å². The summed E-state index contributed by atoms with van der Waals surface area (Å²) in [6.45, 7) is 8.21. The van der Waals surface area contributed by atoms with Gasteiger partial charge in [0.05, 0.1) is 5.02 Å². The summed E-state index contributed by atoms with van der Waals surface area (Å²) in [5, 5.41) is 3.92. The lowest BCUT2D eigenvalue weighted by Gasteiger charge is -2.22. The average molecular weight is 321 g/mol. The van der Waals surface area contributed by atoms with Gasteiger partial charge in [-0.05, 0) is 65.0 Å². The van der Waals surface area contributed by atoms with Crippen LogP contribution in [0.15, 0.2) is 12.1 Å². The molecular weight excluding hydrogens is 298 g/mol. The molecular formula is C15H23Cl2FN2. The molecule has 0 saturated heterocycles. The Morgan fingerprint density at radius 2 is 1.85 bits per heavy atom. The monoisotopic (exact) mass is 320 g/mol. The lowest BCUT2D eigenvalue weighted by atomic mass is 10.1. The van der Waals surface area contributed by atoms with Crippen molar-refractivity contribution in [3.05, 3.63) is 33.6 Å². The molecule has 0 radical (unpaired) electrons. The zero-order valence-corrected chi connectivity index (χ0v) is 14.0. The smallest absolute Gasteiger partial charge is 0.142 e. The van der Waals surface area contributed by atoms with Crippen LogP contribution >= 0.6 is 23.2 Å². The Morgan fingerprint density at radius 1 is 1.20 bits per heavy atom. The first-order valence-corrected chi connectivity index (χ1v) is 7.66. The summed E-state index contributed by atoms with van der Waals surface area (Å²) in [6, 6.07) is 3.41. The molecule has 1 rings (SSSR count). The molecule has 1 aromatic rings. The van der Waals surface area contributed by atoms with Crippen LogP contribution in [0.3, 0.4) is 0 Å². The fraction of sp³-hybridized carbons (Fsp3) is 0.600. The minimum atomic E-state index is -0.431. The maximum atomic E-state index is 13.5. The Balaban J connectivity index is 2.47. The van der Waals surface area contributed by atoms with Crippen LogP contribution in [0.1, 0.15) is 38.8 Å². The molecule has 114 valence electrons. The summed E-state index contributed by atoms with van der Waals surface area (Å²) >= 11 is 11.8. The lowest BCUT2D eigenvalue weighted by Crippen LogP contribution is -2.30. The van der Waals surface area contributed by atoms with Crippen molar-refractivity contribution in [1.82, 2.24) is 10.2 Å². The standard InChI is InChI=1S/C15H23Cl2FN2/c1-10(2)20(4)7-5-6-19-11(3)12-8-15(18)14(17)9-13(12)16/h8-11,19H,5-7H2,1-4H3. The van der Waals surface area contributed by atoms with Gasteiger partial charge in [0.25, 0.3) is 0 Å². The molecule has 1 N–H and O–H groups in total. The Labute approximate surface area is 131 Å². The van der Waals surface area contributed by atoms with Gasteiger partial charge in [-0.1, -0.05) is 23.2 Å². The van der Waals surface area contributed by atoms with Gasteiger partial charge in [-0.2, -0.15) is 0 Å². The highest BCUT2D eigenvalue weighted by Gasteiger charge is 2.13. The van der Waals surface area contributed by atoms with Gasteiger partial charge in [-0.3, -0.25) is 0 Å². The molecule has 0 aliphatic heterocycles. The minimum Gasteiger partial charge on any atom is -0.310 e. The van der Waals surface area contributed by atoms with Gasteiger partial charge in [-0.15, -0.1) is 0 Å². The van der Waals surface area contributed by atoms with Crippen molar-refractivity contribution in [2.45, 2.75) is 39.3 Å². The largest absolute Gasteiger partial charge is 0.310 e. The molecule has 1 atom stereocenters. The summed E-state index contributed by atoms with van der Waals surface area (Å²) < 4.78 is 13.5. The minimum absolute atomic E-state index is 0.00128. The van der Waals surface area contributed by atoms with Gasteiger partial charge >= 0.3 is 0 Å². The molecule has 0 aliphatic rings. The molecule has 0 fully saturated rings. The third-order valence-electron chi connectivity index (χ3n) is 3.53. The van der Waals surface area contributed by atoms with Crippen molar-refractivity contribution in [2.75, 3.05) is 20.1 Å². The highest BCUT2D eigenvalue weighted by molar-refractivity contribution is 6.35. The normalized spacial score (nSPS) is 13.2.